The number of nitro groups is 1. The third-order valence-electron chi connectivity index (χ3n) is 2.57. The number of rotatable bonds is 3. The average molecular weight is 275 g/mol. The SMILES string of the molecule is Nc1ccc(C(=O)Nc2ccc(F)c([N+](=O)[O-])c2)cc1. The molecule has 0 aromatic heterocycles. The summed E-state index contributed by atoms with van der Waals surface area (Å²) in [5.74, 6) is -1.42. The van der Waals surface area contributed by atoms with Crippen LogP contribution in [0, 0.1) is 15.9 Å². The van der Waals surface area contributed by atoms with Crippen LogP contribution < -0.4 is 11.1 Å². The lowest BCUT2D eigenvalue weighted by atomic mass is 10.2. The van der Waals surface area contributed by atoms with E-state index in [4.69, 9.17) is 5.73 Å². The van der Waals surface area contributed by atoms with Crippen molar-refractivity contribution in [1.29, 1.82) is 0 Å². The number of hydrogen-bond acceptors (Lipinski definition) is 4. The number of benzene rings is 2. The first-order chi connectivity index (χ1) is 9.47. The van der Waals surface area contributed by atoms with Crippen molar-refractivity contribution in [3.05, 3.63) is 64.0 Å². The lowest BCUT2D eigenvalue weighted by Crippen LogP contribution is -2.12. The van der Waals surface area contributed by atoms with Crippen molar-refractivity contribution < 1.29 is 14.1 Å². The molecule has 102 valence electrons. The number of carbonyl (C=O) groups excluding carboxylic acids is 1. The Kier molecular flexibility index (Phi) is 3.60. The Bertz CT molecular complexity index is 671. The first-order valence-electron chi connectivity index (χ1n) is 5.58. The second-order valence-corrected chi connectivity index (χ2v) is 4.00. The van der Waals surface area contributed by atoms with E-state index in [0.29, 0.717) is 11.3 Å². The van der Waals surface area contributed by atoms with Gasteiger partial charge in [0.1, 0.15) is 0 Å². The van der Waals surface area contributed by atoms with Crippen LogP contribution in [0.5, 0.6) is 0 Å². The molecule has 0 aliphatic rings. The summed E-state index contributed by atoms with van der Waals surface area (Å²) >= 11 is 0. The Morgan fingerprint density at radius 3 is 2.45 bits per heavy atom. The zero-order chi connectivity index (χ0) is 14.7. The quantitative estimate of drug-likeness (QED) is 0.511. The Morgan fingerprint density at radius 1 is 1.20 bits per heavy atom. The maximum absolute atomic E-state index is 13.2. The number of hydrogen-bond donors (Lipinski definition) is 2. The standard InChI is InChI=1S/C13H10FN3O3/c14-11-6-5-10(7-12(11)17(19)20)16-13(18)8-1-3-9(15)4-2-8/h1-7H,15H2,(H,16,18). The van der Waals surface area contributed by atoms with Gasteiger partial charge in [0.05, 0.1) is 4.92 Å². The third kappa shape index (κ3) is 2.89. The summed E-state index contributed by atoms with van der Waals surface area (Å²) in [4.78, 5) is 21.6. The molecule has 0 fully saturated rings. The number of nitrogens with zero attached hydrogens (tertiary/aromatic N) is 1. The molecule has 1 amide bonds. The van der Waals surface area contributed by atoms with Gasteiger partial charge in [-0.1, -0.05) is 0 Å². The minimum atomic E-state index is -0.958. The largest absolute Gasteiger partial charge is 0.399 e. The number of amides is 1. The molecule has 0 aliphatic heterocycles. The molecule has 2 aromatic carbocycles. The van der Waals surface area contributed by atoms with Crippen LogP contribution in [0.25, 0.3) is 0 Å². The highest BCUT2D eigenvalue weighted by molar-refractivity contribution is 6.04. The van der Waals surface area contributed by atoms with E-state index in [1.807, 2.05) is 0 Å². The van der Waals surface area contributed by atoms with Crippen molar-refractivity contribution in [3.63, 3.8) is 0 Å². The fourth-order valence-electron chi connectivity index (χ4n) is 1.57. The zero-order valence-corrected chi connectivity index (χ0v) is 10.2. The van der Waals surface area contributed by atoms with Gasteiger partial charge in [0, 0.05) is 23.0 Å². The summed E-state index contributed by atoms with van der Waals surface area (Å²) in [6.45, 7) is 0. The topological polar surface area (TPSA) is 98.3 Å². The van der Waals surface area contributed by atoms with Gasteiger partial charge in [-0.3, -0.25) is 14.9 Å². The molecule has 0 bridgehead atoms. The van der Waals surface area contributed by atoms with Crippen molar-refractivity contribution in [2.24, 2.45) is 0 Å². The fourth-order valence-corrected chi connectivity index (χ4v) is 1.57. The van der Waals surface area contributed by atoms with Gasteiger partial charge in [0.15, 0.2) is 0 Å². The summed E-state index contributed by atoms with van der Waals surface area (Å²) in [6, 6.07) is 9.29. The number of nitrogen functional groups attached to an aromatic ring is 1. The predicted octanol–water partition coefficient (Wildman–Crippen LogP) is 2.57. The number of anilines is 2. The van der Waals surface area contributed by atoms with Crippen molar-refractivity contribution in [2.75, 3.05) is 11.1 Å². The predicted molar refractivity (Wildman–Crippen MR) is 71.9 cm³/mol. The molecule has 0 unspecified atom stereocenters. The van der Waals surface area contributed by atoms with E-state index >= 15 is 0 Å². The molecule has 0 aliphatic carbocycles. The van der Waals surface area contributed by atoms with Crippen molar-refractivity contribution in [3.8, 4) is 0 Å². The fraction of sp³-hybridized carbons (Fsp3) is 0. The molecule has 0 saturated heterocycles. The van der Waals surface area contributed by atoms with Gasteiger partial charge < -0.3 is 11.1 Å². The normalized spacial score (nSPS) is 10.1. The van der Waals surface area contributed by atoms with Crippen LogP contribution in [0.15, 0.2) is 42.5 Å². The summed E-state index contributed by atoms with van der Waals surface area (Å²) in [6.07, 6.45) is 0. The first kappa shape index (κ1) is 13.5. The summed E-state index contributed by atoms with van der Waals surface area (Å²) in [7, 11) is 0. The van der Waals surface area contributed by atoms with Gasteiger partial charge in [-0.2, -0.15) is 4.39 Å². The molecule has 6 nitrogen and oxygen atoms in total. The van der Waals surface area contributed by atoms with Crippen LogP contribution in [-0.4, -0.2) is 10.8 Å². The van der Waals surface area contributed by atoms with E-state index < -0.39 is 22.3 Å². The number of halogens is 1. The molecule has 0 atom stereocenters. The number of nitrogens with two attached hydrogens (primary N) is 1. The molecule has 0 heterocycles. The molecule has 0 spiro atoms. The lowest BCUT2D eigenvalue weighted by molar-refractivity contribution is -0.387. The molecule has 2 aromatic rings. The molecule has 7 heteroatoms. The number of nitro benzene ring substituents is 1. The number of nitrogens with one attached hydrogen (secondary N) is 1. The van der Waals surface area contributed by atoms with E-state index in [9.17, 15) is 19.3 Å². The molecule has 0 radical (unpaired) electrons. The summed E-state index contributed by atoms with van der Waals surface area (Å²) < 4.78 is 13.2. The lowest BCUT2D eigenvalue weighted by Gasteiger charge is -2.05. The second kappa shape index (κ2) is 5.35. The Balaban J connectivity index is 2.21. The highest BCUT2D eigenvalue weighted by Gasteiger charge is 2.15. The molecular weight excluding hydrogens is 265 g/mol. The first-order valence-corrected chi connectivity index (χ1v) is 5.58. The summed E-state index contributed by atoms with van der Waals surface area (Å²) in [5, 5.41) is 13.1. The minimum absolute atomic E-state index is 0.139. The van der Waals surface area contributed by atoms with Gasteiger partial charge in [0.25, 0.3) is 5.91 Å². The molecular formula is C13H10FN3O3. The highest BCUT2D eigenvalue weighted by Crippen LogP contribution is 2.22. The second-order valence-electron chi connectivity index (χ2n) is 4.00. The van der Waals surface area contributed by atoms with E-state index in [0.717, 1.165) is 12.1 Å². The number of carbonyl (C=O) groups is 1. The smallest absolute Gasteiger partial charge is 0.306 e. The van der Waals surface area contributed by atoms with Crippen LogP contribution in [0.2, 0.25) is 0 Å². The van der Waals surface area contributed by atoms with Gasteiger partial charge in [-0.25, -0.2) is 0 Å². The van der Waals surface area contributed by atoms with E-state index in [2.05, 4.69) is 5.32 Å². The van der Waals surface area contributed by atoms with Crippen LogP contribution in [0.3, 0.4) is 0 Å². The minimum Gasteiger partial charge on any atom is -0.399 e. The van der Waals surface area contributed by atoms with Crippen molar-refractivity contribution in [2.45, 2.75) is 0 Å². The molecule has 3 N–H and O–H groups in total. The molecule has 2 rings (SSSR count). The maximum Gasteiger partial charge on any atom is 0.306 e. The van der Waals surface area contributed by atoms with E-state index in [1.165, 1.54) is 18.2 Å². The van der Waals surface area contributed by atoms with Gasteiger partial charge in [-0.15, -0.1) is 0 Å². The summed E-state index contributed by atoms with van der Waals surface area (Å²) in [5.41, 5.74) is 5.80. The van der Waals surface area contributed by atoms with Crippen LogP contribution in [0.1, 0.15) is 10.4 Å². The average Bonchev–Trinajstić information content (AvgIpc) is 2.41. The monoisotopic (exact) mass is 275 g/mol. The van der Waals surface area contributed by atoms with E-state index in [-0.39, 0.29) is 5.69 Å². The molecule has 0 saturated carbocycles. The Labute approximate surface area is 113 Å². The van der Waals surface area contributed by atoms with Crippen LogP contribution >= 0.6 is 0 Å². The van der Waals surface area contributed by atoms with Gasteiger partial charge in [0.2, 0.25) is 5.82 Å². The Hall–Kier alpha value is -2.96. The van der Waals surface area contributed by atoms with E-state index in [1.54, 1.807) is 12.1 Å². The van der Waals surface area contributed by atoms with Crippen molar-refractivity contribution >= 4 is 23.0 Å². The van der Waals surface area contributed by atoms with Crippen LogP contribution in [-0.2, 0) is 0 Å². The van der Waals surface area contributed by atoms with Crippen LogP contribution in [0.4, 0.5) is 21.5 Å². The zero-order valence-electron chi connectivity index (χ0n) is 10.2. The highest BCUT2D eigenvalue weighted by atomic mass is 19.1. The third-order valence-corrected chi connectivity index (χ3v) is 2.57. The van der Waals surface area contributed by atoms with Gasteiger partial charge >= 0.3 is 5.69 Å². The van der Waals surface area contributed by atoms with Crippen molar-refractivity contribution in [1.82, 2.24) is 0 Å². The Morgan fingerprint density at radius 2 is 1.85 bits per heavy atom. The molecule has 20 heavy (non-hydrogen) atoms. The van der Waals surface area contributed by atoms with Gasteiger partial charge in [-0.05, 0) is 36.4 Å². The maximum atomic E-state index is 13.2.